The topological polar surface area (TPSA) is 67.4 Å². The molecule has 0 radical (unpaired) electrons. The first-order valence-electron chi connectivity index (χ1n) is 9.82. The summed E-state index contributed by atoms with van der Waals surface area (Å²) < 4.78 is 5.92. The molecule has 4 rings (SSSR count). The van der Waals surface area contributed by atoms with Gasteiger partial charge in [-0.2, -0.15) is 0 Å². The van der Waals surface area contributed by atoms with E-state index in [1.807, 2.05) is 55.5 Å². The van der Waals surface area contributed by atoms with Gasteiger partial charge in [0.2, 0.25) is 5.01 Å². The summed E-state index contributed by atoms with van der Waals surface area (Å²) in [5, 5.41) is 13.1. The molecule has 2 aromatic carbocycles. The molecule has 1 atom stereocenters. The third-order valence-electron chi connectivity index (χ3n) is 4.99. The van der Waals surface area contributed by atoms with Crippen LogP contribution in [0.15, 0.2) is 48.5 Å². The molecule has 1 aliphatic heterocycles. The second-order valence-electron chi connectivity index (χ2n) is 7.32. The molecule has 30 heavy (non-hydrogen) atoms. The van der Waals surface area contributed by atoms with Crippen molar-refractivity contribution < 1.29 is 9.53 Å². The molecule has 0 saturated carbocycles. The third-order valence-corrected chi connectivity index (χ3v) is 6.14. The maximum absolute atomic E-state index is 12.4. The highest BCUT2D eigenvalue weighted by Gasteiger charge is 2.23. The molecule has 2 heterocycles. The number of nitrogens with zero attached hydrogens (tertiary/aromatic N) is 3. The molecular weight excluding hydrogens is 420 g/mol. The van der Waals surface area contributed by atoms with E-state index in [2.05, 4.69) is 20.4 Å². The summed E-state index contributed by atoms with van der Waals surface area (Å²) in [7, 11) is 0. The van der Waals surface area contributed by atoms with E-state index in [0.29, 0.717) is 29.7 Å². The van der Waals surface area contributed by atoms with Crippen LogP contribution in [0.4, 0.5) is 0 Å². The summed E-state index contributed by atoms with van der Waals surface area (Å²) in [5.41, 5.74) is 3.36. The van der Waals surface area contributed by atoms with Gasteiger partial charge in [-0.3, -0.25) is 9.69 Å². The Kier molecular flexibility index (Phi) is 6.74. The number of rotatable bonds is 6. The summed E-state index contributed by atoms with van der Waals surface area (Å²) in [4.78, 5) is 14.7. The Hall–Kier alpha value is -2.32. The molecule has 156 valence electrons. The van der Waals surface area contributed by atoms with Crippen LogP contribution in [0.5, 0.6) is 0 Å². The predicted molar refractivity (Wildman–Crippen MR) is 118 cm³/mol. The van der Waals surface area contributed by atoms with Crippen molar-refractivity contribution in [3.63, 3.8) is 0 Å². The van der Waals surface area contributed by atoms with Crippen LogP contribution in [-0.2, 0) is 17.8 Å². The van der Waals surface area contributed by atoms with E-state index >= 15 is 0 Å². The monoisotopic (exact) mass is 442 g/mol. The number of aryl methyl sites for hydroxylation is 1. The normalized spacial score (nSPS) is 17.1. The Bertz CT molecular complexity index is 991. The zero-order chi connectivity index (χ0) is 20.9. The number of amides is 1. The molecule has 3 aromatic rings. The maximum atomic E-state index is 12.4. The molecule has 1 fully saturated rings. The zero-order valence-electron chi connectivity index (χ0n) is 16.7. The van der Waals surface area contributed by atoms with Crippen molar-refractivity contribution in [2.24, 2.45) is 0 Å². The van der Waals surface area contributed by atoms with E-state index in [1.54, 1.807) is 0 Å². The van der Waals surface area contributed by atoms with Crippen LogP contribution in [0.1, 0.15) is 37.6 Å². The molecule has 0 spiro atoms. The van der Waals surface area contributed by atoms with Gasteiger partial charge in [0.05, 0.1) is 19.3 Å². The molecular formula is C22H23ClN4O2S. The summed E-state index contributed by atoms with van der Waals surface area (Å²) in [6.45, 7) is 5.39. The average Bonchev–Trinajstić information content (AvgIpc) is 3.22. The van der Waals surface area contributed by atoms with Crippen molar-refractivity contribution in [2.75, 3.05) is 19.7 Å². The number of nitrogens with one attached hydrogen (secondary N) is 1. The molecule has 1 aliphatic rings. The van der Waals surface area contributed by atoms with E-state index in [9.17, 15) is 4.79 Å². The van der Waals surface area contributed by atoms with Gasteiger partial charge in [0, 0.05) is 24.7 Å². The maximum Gasteiger partial charge on any atom is 0.282 e. The standard InChI is InChI=1S/C22H23ClN4O2S/c1-15-2-4-16(5-3-15)12-24-21(28)22-26-25-20(30-22)14-27-10-11-29-19(13-27)17-6-8-18(23)9-7-17/h2-9,19H,10-14H2,1H3,(H,24,28). The van der Waals surface area contributed by atoms with Crippen LogP contribution in [-0.4, -0.2) is 40.7 Å². The second kappa shape index (κ2) is 9.66. The van der Waals surface area contributed by atoms with Crippen LogP contribution >= 0.6 is 22.9 Å². The first-order valence-corrected chi connectivity index (χ1v) is 11.0. The Labute approximate surface area is 184 Å². The Morgan fingerprint density at radius 3 is 2.73 bits per heavy atom. The van der Waals surface area contributed by atoms with E-state index in [4.69, 9.17) is 16.3 Å². The van der Waals surface area contributed by atoms with Crippen LogP contribution < -0.4 is 5.32 Å². The van der Waals surface area contributed by atoms with Crippen LogP contribution in [0, 0.1) is 6.92 Å². The van der Waals surface area contributed by atoms with Crippen molar-refractivity contribution in [2.45, 2.75) is 26.1 Å². The Morgan fingerprint density at radius 2 is 1.97 bits per heavy atom. The fourth-order valence-electron chi connectivity index (χ4n) is 3.29. The van der Waals surface area contributed by atoms with Crippen molar-refractivity contribution >= 4 is 28.8 Å². The fourth-order valence-corrected chi connectivity index (χ4v) is 4.21. The van der Waals surface area contributed by atoms with E-state index < -0.39 is 0 Å². The smallest absolute Gasteiger partial charge is 0.282 e. The minimum Gasteiger partial charge on any atom is -0.371 e. The van der Waals surface area contributed by atoms with E-state index in [1.165, 1.54) is 16.9 Å². The lowest BCUT2D eigenvalue weighted by Crippen LogP contribution is -2.37. The van der Waals surface area contributed by atoms with Gasteiger partial charge < -0.3 is 10.1 Å². The molecule has 0 bridgehead atoms. The highest BCUT2D eigenvalue weighted by molar-refractivity contribution is 7.13. The quantitative estimate of drug-likeness (QED) is 0.624. The van der Waals surface area contributed by atoms with Crippen LogP contribution in [0.25, 0.3) is 0 Å². The van der Waals surface area contributed by atoms with Crippen molar-refractivity contribution in [1.82, 2.24) is 20.4 Å². The Balaban J connectivity index is 1.31. The second-order valence-corrected chi connectivity index (χ2v) is 8.81. The zero-order valence-corrected chi connectivity index (χ0v) is 18.2. The first kappa shape index (κ1) is 20.9. The molecule has 6 nitrogen and oxygen atoms in total. The highest BCUT2D eigenvalue weighted by atomic mass is 35.5. The lowest BCUT2D eigenvalue weighted by Gasteiger charge is -2.32. The van der Waals surface area contributed by atoms with Gasteiger partial charge in [-0.1, -0.05) is 64.9 Å². The number of morpholine rings is 1. The SMILES string of the molecule is Cc1ccc(CNC(=O)c2nnc(CN3CCOC(c4ccc(Cl)cc4)C3)s2)cc1. The fraction of sp³-hybridized carbons (Fsp3) is 0.318. The predicted octanol–water partition coefficient (Wildman–Crippen LogP) is 4.00. The van der Waals surface area contributed by atoms with Crippen LogP contribution in [0.3, 0.4) is 0 Å². The Morgan fingerprint density at radius 1 is 1.20 bits per heavy atom. The number of carbonyl (C=O) groups is 1. The third kappa shape index (κ3) is 5.43. The molecule has 0 aliphatic carbocycles. The minimum absolute atomic E-state index is 0.00113. The lowest BCUT2D eigenvalue weighted by atomic mass is 10.1. The number of hydrogen-bond donors (Lipinski definition) is 1. The van der Waals surface area contributed by atoms with E-state index in [0.717, 1.165) is 29.2 Å². The van der Waals surface area contributed by atoms with Crippen molar-refractivity contribution in [3.8, 4) is 0 Å². The minimum atomic E-state index is -0.194. The number of carbonyl (C=O) groups excluding carboxylic acids is 1. The number of halogens is 1. The lowest BCUT2D eigenvalue weighted by molar-refractivity contribution is -0.0329. The number of aromatic nitrogens is 2. The molecule has 1 amide bonds. The van der Waals surface area contributed by atoms with Gasteiger partial charge in [0.1, 0.15) is 5.01 Å². The van der Waals surface area contributed by atoms with Gasteiger partial charge >= 0.3 is 0 Å². The van der Waals surface area contributed by atoms with Gasteiger partial charge in [-0.15, -0.1) is 10.2 Å². The van der Waals surface area contributed by atoms with Crippen molar-refractivity contribution in [1.29, 1.82) is 0 Å². The molecule has 8 heteroatoms. The highest BCUT2D eigenvalue weighted by Crippen LogP contribution is 2.25. The average molecular weight is 443 g/mol. The first-order chi connectivity index (χ1) is 14.6. The summed E-state index contributed by atoms with van der Waals surface area (Å²) in [5.74, 6) is -0.194. The van der Waals surface area contributed by atoms with Crippen molar-refractivity contribution in [3.05, 3.63) is 80.3 Å². The van der Waals surface area contributed by atoms with Gasteiger partial charge in [-0.05, 0) is 30.2 Å². The van der Waals surface area contributed by atoms with E-state index in [-0.39, 0.29) is 12.0 Å². The summed E-state index contributed by atoms with van der Waals surface area (Å²) >= 11 is 7.32. The summed E-state index contributed by atoms with van der Waals surface area (Å²) in [6.07, 6.45) is 0.00113. The number of ether oxygens (including phenoxy) is 1. The number of hydrogen-bond acceptors (Lipinski definition) is 6. The van der Waals surface area contributed by atoms with Crippen LogP contribution in [0.2, 0.25) is 5.02 Å². The van der Waals surface area contributed by atoms with Gasteiger partial charge in [0.25, 0.3) is 5.91 Å². The van der Waals surface area contributed by atoms with Gasteiger partial charge in [-0.25, -0.2) is 0 Å². The van der Waals surface area contributed by atoms with Gasteiger partial charge in [0.15, 0.2) is 0 Å². The number of benzene rings is 2. The molecule has 1 unspecified atom stereocenters. The molecule has 1 N–H and O–H groups in total. The molecule has 1 aromatic heterocycles. The summed E-state index contributed by atoms with van der Waals surface area (Å²) in [6, 6.07) is 15.8. The largest absolute Gasteiger partial charge is 0.371 e. The molecule has 1 saturated heterocycles.